The Morgan fingerprint density at radius 2 is 2.04 bits per heavy atom. The molecule has 2 heterocycles. The number of hydrogen-bond acceptors (Lipinski definition) is 4. The molecule has 2 aliphatic heterocycles. The summed E-state index contributed by atoms with van der Waals surface area (Å²) in [6.45, 7) is 4.00. The fourth-order valence-corrected chi connectivity index (χ4v) is 4.05. The molecule has 0 spiro atoms. The number of ether oxygens (including phenoxy) is 2. The molecular formula is C19H24ClNO5. The largest absolute Gasteiger partial charge is 0.493 e. The smallest absolute Gasteiger partial charge is 0.309 e. The van der Waals surface area contributed by atoms with E-state index < -0.39 is 11.9 Å². The van der Waals surface area contributed by atoms with E-state index in [0.29, 0.717) is 49.1 Å². The van der Waals surface area contributed by atoms with E-state index in [4.69, 9.17) is 21.1 Å². The van der Waals surface area contributed by atoms with Gasteiger partial charge in [-0.2, -0.15) is 0 Å². The summed E-state index contributed by atoms with van der Waals surface area (Å²) in [5.41, 5.74) is 0.509. The molecule has 3 rings (SSSR count). The average molecular weight is 382 g/mol. The molecule has 1 unspecified atom stereocenters. The summed E-state index contributed by atoms with van der Waals surface area (Å²) in [5.74, 6) is -0.612. The van der Waals surface area contributed by atoms with E-state index in [1.165, 1.54) is 0 Å². The molecule has 6 nitrogen and oxygen atoms in total. The number of carbonyl (C=O) groups excluding carboxylic acids is 1. The predicted octanol–water partition coefficient (Wildman–Crippen LogP) is 3.08. The van der Waals surface area contributed by atoms with Gasteiger partial charge in [-0.3, -0.25) is 9.59 Å². The first kappa shape index (κ1) is 19.0. The number of rotatable bonds is 5. The van der Waals surface area contributed by atoms with Crippen LogP contribution in [0.2, 0.25) is 5.02 Å². The predicted molar refractivity (Wildman–Crippen MR) is 96.7 cm³/mol. The van der Waals surface area contributed by atoms with E-state index in [1.807, 2.05) is 6.92 Å². The lowest BCUT2D eigenvalue weighted by atomic mass is 9.84. The van der Waals surface area contributed by atoms with Gasteiger partial charge in [0.05, 0.1) is 24.2 Å². The number of carboxylic acid groups (broad SMARTS) is 1. The maximum absolute atomic E-state index is 12.9. The normalized spacial score (nSPS) is 23.8. The summed E-state index contributed by atoms with van der Waals surface area (Å²) in [4.78, 5) is 26.1. The van der Waals surface area contributed by atoms with Crippen LogP contribution in [-0.4, -0.2) is 54.3 Å². The molecule has 26 heavy (non-hydrogen) atoms. The Balaban J connectivity index is 1.65. The lowest BCUT2D eigenvalue weighted by Gasteiger charge is -2.35. The minimum absolute atomic E-state index is 0.0781. The minimum Gasteiger partial charge on any atom is -0.493 e. The van der Waals surface area contributed by atoms with E-state index >= 15 is 0 Å². The molecule has 0 bridgehead atoms. The molecule has 1 N–H and O–H groups in total. The lowest BCUT2D eigenvalue weighted by molar-refractivity contribution is -0.145. The Hall–Kier alpha value is -1.79. The Kier molecular flexibility index (Phi) is 6.04. The number of amides is 1. The van der Waals surface area contributed by atoms with Crippen molar-refractivity contribution in [2.45, 2.75) is 32.3 Å². The molecular weight excluding hydrogens is 358 g/mol. The molecule has 0 saturated carbocycles. The lowest BCUT2D eigenvalue weighted by Crippen LogP contribution is -2.43. The number of piperidine rings is 1. The second-order valence-corrected chi connectivity index (χ2v) is 7.21. The van der Waals surface area contributed by atoms with E-state index in [1.54, 1.807) is 23.1 Å². The fourth-order valence-electron chi connectivity index (χ4n) is 3.89. The van der Waals surface area contributed by atoms with Crippen molar-refractivity contribution in [3.63, 3.8) is 0 Å². The summed E-state index contributed by atoms with van der Waals surface area (Å²) in [6, 6.07) is 5.05. The topological polar surface area (TPSA) is 76.1 Å². The first-order chi connectivity index (χ1) is 12.5. The van der Waals surface area contributed by atoms with Gasteiger partial charge in [0.1, 0.15) is 5.75 Å². The highest BCUT2D eigenvalue weighted by Crippen LogP contribution is 2.34. The van der Waals surface area contributed by atoms with Crippen LogP contribution in [0.3, 0.4) is 0 Å². The number of hydrogen-bond donors (Lipinski definition) is 1. The summed E-state index contributed by atoms with van der Waals surface area (Å²) in [6.07, 6.45) is 1.83. The molecule has 1 amide bonds. The molecule has 142 valence electrons. The zero-order valence-corrected chi connectivity index (χ0v) is 15.6. The second-order valence-electron chi connectivity index (χ2n) is 6.77. The number of carbonyl (C=O) groups is 2. The van der Waals surface area contributed by atoms with Gasteiger partial charge in [0.25, 0.3) is 5.91 Å². The van der Waals surface area contributed by atoms with Crippen molar-refractivity contribution in [3.05, 3.63) is 28.8 Å². The summed E-state index contributed by atoms with van der Waals surface area (Å²) >= 11 is 6.01. The van der Waals surface area contributed by atoms with E-state index in [0.717, 1.165) is 12.8 Å². The van der Waals surface area contributed by atoms with Crippen molar-refractivity contribution in [3.8, 4) is 5.75 Å². The fraction of sp³-hybridized carbons (Fsp3) is 0.579. The Morgan fingerprint density at radius 1 is 1.31 bits per heavy atom. The molecule has 2 aliphatic rings. The number of likely N-dealkylation sites (tertiary alicyclic amines) is 1. The SMILES string of the molecule is CCOc1cc(Cl)ccc1C(=O)N1CCC([C@@H]2OCCC2C(=O)O)CC1. The number of halogens is 1. The molecule has 2 atom stereocenters. The Morgan fingerprint density at radius 3 is 2.69 bits per heavy atom. The van der Waals surface area contributed by atoms with E-state index in [-0.39, 0.29) is 17.9 Å². The van der Waals surface area contributed by atoms with Crippen LogP contribution < -0.4 is 4.74 Å². The summed E-state index contributed by atoms with van der Waals surface area (Å²) in [5, 5.41) is 9.87. The van der Waals surface area contributed by atoms with Gasteiger partial charge in [0.2, 0.25) is 0 Å². The van der Waals surface area contributed by atoms with Crippen LogP contribution in [0, 0.1) is 11.8 Å². The van der Waals surface area contributed by atoms with Gasteiger partial charge >= 0.3 is 5.97 Å². The summed E-state index contributed by atoms with van der Waals surface area (Å²) < 4.78 is 11.2. The highest BCUT2D eigenvalue weighted by atomic mass is 35.5. The van der Waals surface area contributed by atoms with Crippen molar-refractivity contribution < 1.29 is 24.2 Å². The number of nitrogens with zero attached hydrogens (tertiary/aromatic N) is 1. The van der Waals surface area contributed by atoms with Crippen molar-refractivity contribution in [1.82, 2.24) is 4.90 Å². The number of benzene rings is 1. The number of aliphatic carboxylic acids is 1. The molecule has 1 aromatic carbocycles. The number of carboxylic acids is 1. The third-order valence-corrected chi connectivity index (χ3v) is 5.45. The standard InChI is InChI=1S/C19H24ClNO5/c1-2-25-16-11-13(20)3-4-14(16)18(22)21-8-5-12(6-9-21)17-15(19(23)24)7-10-26-17/h3-4,11-12,15,17H,2,5-10H2,1H3,(H,23,24)/t15?,17-/m0/s1. The zero-order valence-electron chi connectivity index (χ0n) is 14.8. The van der Waals surface area contributed by atoms with Crippen LogP contribution in [0.5, 0.6) is 5.75 Å². The molecule has 0 aliphatic carbocycles. The molecule has 2 fully saturated rings. The van der Waals surface area contributed by atoms with Crippen LogP contribution in [-0.2, 0) is 9.53 Å². The van der Waals surface area contributed by atoms with E-state index in [9.17, 15) is 14.7 Å². The third-order valence-electron chi connectivity index (χ3n) is 5.22. The Bertz CT molecular complexity index is 672. The van der Waals surface area contributed by atoms with Crippen LogP contribution in [0.4, 0.5) is 0 Å². The second kappa shape index (κ2) is 8.27. The highest BCUT2D eigenvalue weighted by molar-refractivity contribution is 6.30. The maximum Gasteiger partial charge on any atom is 0.309 e. The first-order valence-corrected chi connectivity index (χ1v) is 9.45. The maximum atomic E-state index is 12.9. The van der Waals surface area contributed by atoms with Crippen molar-refractivity contribution in [2.24, 2.45) is 11.8 Å². The van der Waals surface area contributed by atoms with Crippen LogP contribution in [0.15, 0.2) is 18.2 Å². The Labute approximate surface area is 158 Å². The quantitative estimate of drug-likeness (QED) is 0.848. The van der Waals surface area contributed by atoms with Gasteiger partial charge in [-0.25, -0.2) is 0 Å². The molecule has 0 radical (unpaired) electrons. The van der Waals surface area contributed by atoms with Crippen molar-refractivity contribution in [1.29, 1.82) is 0 Å². The van der Waals surface area contributed by atoms with Crippen molar-refractivity contribution >= 4 is 23.5 Å². The van der Waals surface area contributed by atoms with Gasteiger partial charge in [-0.15, -0.1) is 0 Å². The third kappa shape index (κ3) is 3.96. The van der Waals surface area contributed by atoms with Crippen LogP contribution in [0.1, 0.15) is 36.5 Å². The molecule has 0 aromatic heterocycles. The van der Waals surface area contributed by atoms with Gasteiger partial charge in [0.15, 0.2) is 0 Å². The molecule has 7 heteroatoms. The molecule has 2 saturated heterocycles. The average Bonchev–Trinajstić information content (AvgIpc) is 3.12. The van der Waals surface area contributed by atoms with E-state index in [2.05, 4.69) is 0 Å². The zero-order chi connectivity index (χ0) is 18.7. The van der Waals surface area contributed by atoms with Gasteiger partial charge in [0, 0.05) is 24.7 Å². The van der Waals surface area contributed by atoms with Gasteiger partial charge in [-0.1, -0.05) is 11.6 Å². The van der Waals surface area contributed by atoms with Crippen LogP contribution >= 0.6 is 11.6 Å². The highest BCUT2D eigenvalue weighted by Gasteiger charge is 2.41. The minimum atomic E-state index is -0.784. The summed E-state index contributed by atoms with van der Waals surface area (Å²) in [7, 11) is 0. The monoisotopic (exact) mass is 381 g/mol. The van der Waals surface area contributed by atoms with Gasteiger partial charge in [-0.05, 0) is 50.3 Å². The molecule has 1 aromatic rings. The first-order valence-electron chi connectivity index (χ1n) is 9.07. The van der Waals surface area contributed by atoms with Crippen molar-refractivity contribution in [2.75, 3.05) is 26.3 Å². The van der Waals surface area contributed by atoms with Crippen LogP contribution in [0.25, 0.3) is 0 Å². The van der Waals surface area contributed by atoms with Gasteiger partial charge < -0.3 is 19.5 Å².